The van der Waals surface area contributed by atoms with E-state index in [1.807, 2.05) is 28.8 Å². The lowest BCUT2D eigenvalue weighted by atomic mass is 9.86. The lowest BCUT2D eigenvalue weighted by molar-refractivity contribution is -0.174. The normalized spacial score (nSPS) is 22.0. The second-order valence-corrected chi connectivity index (χ2v) is 9.36. The number of nitrogens with one attached hydrogen (secondary N) is 1. The number of fused-ring (bicyclic) bond motifs is 3. The van der Waals surface area contributed by atoms with Crippen LogP contribution in [0.1, 0.15) is 48.8 Å². The molecule has 184 valence electrons. The molecule has 2 aromatic heterocycles. The maximum absolute atomic E-state index is 12.9. The topological polar surface area (TPSA) is 81.9 Å². The number of carbonyl (C=O) groups is 1. The Morgan fingerprint density at radius 1 is 1.09 bits per heavy atom. The maximum Gasteiger partial charge on any atom is 0.471 e. The number of nitrogens with zero attached hydrogens (tertiary/aromatic N) is 4. The lowest BCUT2D eigenvalue weighted by Gasteiger charge is -2.28. The highest BCUT2D eigenvalue weighted by Crippen LogP contribution is 2.37. The summed E-state index contributed by atoms with van der Waals surface area (Å²) in [6.07, 6.45) is 0.409. The van der Waals surface area contributed by atoms with Gasteiger partial charge in [0, 0.05) is 35.7 Å². The third-order valence-corrected chi connectivity index (χ3v) is 6.73. The molecule has 0 unspecified atom stereocenters. The first kappa shape index (κ1) is 23.6. The zero-order valence-corrected chi connectivity index (χ0v) is 19.4. The van der Waals surface area contributed by atoms with Crippen LogP contribution in [0, 0.1) is 0 Å². The number of hydrogen-bond acceptors (Lipinski definition) is 5. The summed E-state index contributed by atoms with van der Waals surface area (Å²) in [6.45, 7) is 0. The molecule has 0 saturated heterocycles. The van der Waals surface area contributed by atoms with Gasteiger partial charge in [0.15, 0.2) is 0 Å². The van der Waals surface area contributed by atoms with Crippen LogP contribution < -0.4 is 10.1 Å². The Bertz CT molecular complexity index is 1210. The summed E-state index contributed by atoms with van der Waals surface area (Å²) in [7, 11) is 0. The molecule has 0 radical (unpaired) electrons. The lowest BCUT2D eigenvalue weighted by Crippen LogP contribution is -2.45. The first-order chi connectivity index (χ1) is 16.8. The van der Waals surface area contributed by atoms with E-state index in [0.29, 0.717) is 16.7 Å². The smallest absolute Gasteiger partial charge is 0.471 e. The van der Waals surface area contributed by atoms with Gasteiger partial charge in [0.1, 0.15) is 17.8 Å². The van der Waals surface area contributed by atoms with Crippen LogP contribution >= 0.6 is 11.6 Å². The Hall–Kier alpha value is -3.14. The molecular formula is C24H23ClF3N5O2. The van der Waals surface area contributed by atoms with Crippen LogP contribution in [0.15, 0.2) is 42.6 Å². The minimum atomic E-state index is -4.96. The van der Waals surface area contributed by atoms with E-state index in [9.17, 15) is 18.0 Å². The monoisotopic (exact) mass is 505 g/mol. The zero-order valence-electron chi connectivity index (χ0n) is 18.6. The minimum absolute atomic E-state index is 0.0562. The second-order valence-electron chi connectivity index (χ2n) is 8.92. The molecule has 1 atom stereocenters. The van der Waals surface area contributed by atoms with Crippen LogP contribution in [-0.4, -0.2) is 44.0 Å². The summed E-state index contributed by atoms with van der Waals surface area (Å²) >= 11 is 6.20. The largest absolute Gasteiger partial charge is 0.474 e. The first-order valence-corrected chi connectivity index (χ1v) is 11.8. The van der Waals surface area contributed by atoms with Gasteiger partial charge in [-0.2, -0.15) is 13.2 Å². The molecule has 2 aliphatic rings. The summed E-state index contributed by atoms with van der Waals surface area (Å²) in [5.41, 5.74) is 1.51. The Morgan fingerprint density at radius 3 is 2.60 bits per heavy atom. The van der Waals surface area contributed by atoms with Crippen molar-refractivity contribution in [1.29, 1.82) is 0 Å². The van der Waals surface area contributed by atoms with Gasteiger partial charge in [-0.15, -0.1) is 10.2 Å². The zero-order chi connectivity index (χ0) is 24.6. The van der Waals surface area contributed by atoms with Gasteiger partial charge in [-0.05, 0) is 61.9 Å². The van der Waals surface area contributed by atoms with Gasteiger partial charge in [0.25, 0.3) is 0 Å². The Morgan fingerprint density at radius 2 is 1.89 bits per heavy atom. The van der Waals surface area contributed by atoms with E-state index in [1.165, 1.54) is 0 Å². The molecule has 1 aliphatic carbocycles. The summed E-state index contributed by atoms with van der Waals surface area (Å²) in [4.78, 5) is 15.9. The van der Waals surface area contributed by atoms with Gasteiger partial charge in [-0.25, -0.2) is 4.98 Å². The van der Waals surface area contributed by atoms with Crippen molar-refractivity contribution in [3.63, 3.8) is 0 Å². The van der Waals surface area contributed by atoms with Crippen LogP contribution in [0.4, 0.5) is 13.2 Å². The maximum atomic E-state index is 12.9. The van der Waals surface area contributed by atoms with Gasteiger partial charge in [-0.3, -0.25) is 9.36 Å². The number of halogens is 4. The molecule has 1 fully saturated rings. The van der Waals surface area contributed by atoms with Crippen molar-refractivity contribution in [3.05, 3.63) is 64.8 Å². The Labute approximate surface area is 204 Å². The van der Waals surface area contributed by atoms with Crippen molar-refractivity contribution in [2.45, 2.75) is 62.8 Å². The number of pyridine rings is 1. The van der Waals surface area contributed by atoms with Crippen molar-refractivity contribution in [2.24, 2.45) is 0 Å². The molecule has 1 aliphatic heterocycles. The van der Waals surface area contributed by atoms with Crippen LogP contribution in [0.25, 0.3) is 5.69 Å². The average molecular weight is 506 g/mol. The van der Waals surface area contributed by atoms with Gasteiger partial charge >= 0.3 is 12.1 Å². The highest BCUT2D eigenvalue weighted by Gasteiger charge is 2.40. The predicted molar refractivity (Wildman–Crippen MR) is 122 cm³/mol. The van der Waals surface area contributed by atoms with E-state index < -0.39 is 18.1 Å². The minimum Gasteiger partial charge on any atom is -0.474 e. The highest BCUT2D eigenvalue weighted by molar-refractivity contribution is 6.30. The molecule has 3 aromatic rings. The van der Waals surface area contributed by atoms with E-state index >= 15 is 0 Å². The second kappa shape index (κ2) is 9.49. The average Bonchev–Trinajstić information content (AvgIpc) is 3.16. The molecular weight excluding hydrogens is 483 g/mol. The fourth-order valence-electron chi connectivity index (χ4n) is 4.88. The summed E-state index contributed by atoms with van der Waals surface area (Å²) in [5, 5.41) is 11.3. The van der Waals surface area contributed by atoms with Crippen molar-refractivity contribution < 1.29 is 22.7 Å². The van der Waals surface area contributed by atoms with Gasteiger partial charge in [0.2, 0.25) is 5.88 Å². The first-order valence-electron chi connectivity index (χ1n) is 11.5. The third kappa shape index (κ3) is 5.12. The molecule has 1 saturated carbocycles. The summed E-state index contributed by atoms with van der Waals surface area (Å²) in [6, 6.07) is 10.1. The number of amides is 1. The summed E-state index contributed by atoms with van der Waals surface area (Å²) < 4.78 is 46.6. The number of alkyl halides is 3. The molecule has 0 spiro atoms. The fourth-order valence-corrected chi connectivity index (χ4v) is 5.07. The Kier molecular flexibility index (Phi) is 6.39. The quantitative estimate of drug-likeness (QED) is 0.562. The number of rotatable bonds is 4. The number of carbonyl (C=O) groups excluding carboxylic acids is 1. The fraction of sp³-hybridized carbons (Fsp3) is 0.417. The van der Waals surface area contributed by atoms with E-state index in [0.717, 1.165) is 42.8 Å². The predicted octanol–water partition coefficient (Wildman–Crippen LogP) is 4.57. The van der Waals surface area contributed by atoms with Crippen molar-refractivity contribution >= 4 is 17.5 Å². The number of ether oxygens (including phenoxy) is 1. The van der Waals surface area contributed by atoms with E-state index in [-0.39, 0.29) is 24.9 Å². The van der Waals surface area contributed by atoms with Crippen molar-refractivity contribution in [2.75, 3.05) is 0 Å². The molecule has 7 nitrogen and oxygen atoms in total. The standard InChI is InChI=1S/C24H23ClF3N5O2/c25-16-6-9-19-15(11-16)12-17(30-23(34)24(26,27)28)13-20-31-32-22(33(19)20)14-4-7-18(8-5-14)35-21-3-1-2-10-29-21/h1-3,6,9-11,14,17-18H,4-5,7-8,12-13H2,(H,30,34)/t14?,17-,18?/m0/s1. The molecule has 1 amide bonds. The SMILES string of the molecule is O=C(N[C@H]1Cc2cc(Cl)ccc2-n2c(nnc2C2CCC(Oc3ccccn3)CC2)C1)C(F)(F)F. The summed E-state index contributed by atoms with van der Waals surface area (Å²) in [5.74, 6) is 0.0308. The van der Waals surface area contributed by atoms with E-state index in [4.69, 9.17) is 16.3 Å². The van der Waals surface area contributed by atoms with E-state index in [2.05, 4.69) is 20.5 Å². The number of aromatic nitrogens is 4. The van der Waals surface area contributed by atoms with Crippen LogP contribution in [0.3, 0.4) is 0 Å². The van der Waals surface area contributed by atoms with Gasteiger partial charge in [-0.1, -0.05) is 17.7 Å². The number of benzene rings is 1. The van der Waals surface area contributed by atoms with Crippen LogP contribution in [-0.2, 0) is 17.6 Å². The molecule has 0 bridgehead atoms. The van der Waals surface area contributed by atoms with Gasteiger partial charge in [0.05, 0.1) is 5.69 Å². The molecule has 11 heteroatoms. The highest BCUT2D eigenvalue weighted by atomic mass is 35.5. The third-order valence-electron chi connectivity index (χ3n) is 6.49. The van der Waals surface area contributed by atoms with Crippen molar-refractivity contribution in [1.82, 2.24) is 25.1 Å². The Balaban J connectivity index is 1.39. The molecule has 3 heterocycles. The molecule has 1 aromatic carbocycles. The van der Waals surface area contributed by atoms with Crippen LogP contribution in [0.5, 0.6) is 5.88 Å². The molecule has 1 N–H and O–H groups in total. The van der Waals surface area contributed by atoms with Gasteiger partial charge < -0.3 is 10.1 Å². The molecule has 5 rings (SSSR count). The molecule has 35 heavy (non-hydrogen) atoms. The van der Waals surface area contributed by atoms with Crippen LogP contribution in [0.2, 0.25) is 5.02 Å². The van der Waals surface area contributed by atoms with E-state index in [1.54, 1.807) is 18.3 Å². The van der Waals surface area contributed by atoms with Crippen molar-refractivity contribution in [3.8, 4) is 11.6 Å². The number of hydrogen-bond donors (Lipinski definition) is 1.